The highest BCUT2D eigenvalue weighted by atomic mass is 19.1. The Kier molecular flexibility index (Phi) is 6.71. The van der Waals surface area contributed by atoms with Crippen LogP contribution in [0.2, 0.25) is 0 Å². The van der Waals surface area contributed by atoms with Crippen molar-refractivity contribution in [3.8, 4) is 0 Å². The van der Waals surface area contributed by atoms with Crippen LogP contribution in [0.3, 0.4) is 0 Å². The molecule has 19 heavy (non-hydrogen) atoms. The number of nitrogens with two attached hydrogens (primary N) is 1. The zero-order valence-electron chi connectivity index (χ0n) is 11.6. The molecule has 0 bridgehead atoms. The van der Waals surface area contributed by atoms with E-state index in [1.54, 1.807) is 6.07 Å². The van der Waals surface area contributed by atoms with Crippen LogP contribution in [0, 0.1) is 5.82 Å². The highest BCUT2D eigenvalue weighted by Crippen LogP contribution is 2.08. The van der Waals surface area contributed by atoms with Crippen molar-refractivity contribution in [2.45, 2.75) is 32.7 Å². The number of nitrogens with zero attached hydrogens (tertiary/aromatic N) is 1. The zero-order chi connectivity index (χ0) is 14.1. The van der Waals surface area contributed by atoms with Crippen molar-refractivity contribution in [3.63, 3.8) is 0 Å². The molecule has 0 heterocycles. The fourth-order valence-electron chi connectivity index (χ4n) is 1.51. The standard InChI is InChI=1S/C14H23FN4/c1-3-11(2)19-14(16)18-9-5-8-17-13-7-4-6-12(15)10-13/h4,6-7,10-11,17H,3,5,8-9H2,1-2H3,(H3,16,18,19). The molecule has 1 aromatic rings. The summed E-state index contributed by atoms with van der Waals surface area (Å²) in [5, 5.41) is 6.24. The monoisotopic (exact) mass is 266 g/mol. The van der Waals surface area contributed by atoms with Crippen molar-refractivity contribution in [2.75, 3.05) is 18.4 Å². The van der Waals surface area contributed by atoms with Crippen LogP contribution in [0.5, 0.6) is 0 Å². The maximum absolute atomic E-state index is 12.9. The van der Waals surface area contributed by atoms with Gasteiger partial charge in [-0.15, -0.1) is 0 Å². The average Bonchev–Trinajstić information content (AvgIpc) is 2.38. The molecular weight excluding hydrogens is 243 g/mol. The van der Waals surface area contributed by atoms with Crippen LogP contribution < -0.4 is 16.4 Å². The van der Waals surface area contributed by atoms with Crippen LogP contribution >= 0.6 is 0 Å². The first-order valence-electron chi connectivity index (χ1n) is 6.67. The summed E-state index contributed by atoms with van der Waals surface area (Å²) in [6.45, 7) is 5.54. The predicted molar refractivity (Wildman–Crippen MR) is 78.9 cm³/mol. The van der Waals surface area contributed by atoms with E-state index in [-0.39, 0.29) is 5.82 Å². The molecule has 4 nitrogen and oxygen atoms in total. The molecule has 0 radical (unpaired) electrons. The van der Waals surface area contributed by atoms with E-state index in [0.29, 0.717) is 18.5 Å². The zero-order valence-corrected chi connectivity index (χ0v) is 11.6. The number of anilines is 1. The molecule has 0 amide bonds. The Morgan fingerprint density at radius 1 is 1.47 bits per heavy atom. The molecule has 0 saturated carbocycles. The highest BCUT2D eigenvalue weighted by molar-refractivity contribution is 5.78. The van der Waals surface area contributed by atoms with Crippen LogP contribution in [0.1, 0.15) is 26.7 Å². The molecule has 1 rings (SSSR count). The lowest BCUT2D eigenvalue weighted by Gasteiger charge is -2.11. The predicted octanol–water partition coefficient (Wildman–Crippen LogP) is 2.33. The molecule has 4 N–H and O–H groups in total. The van der Waals surface area contributed by atoms with Crippen LogP contribution in [0.15, 0.2) is 29.3 Å². The fraction of sp³-hybridized carbons (Fsp3) is 0.500. The number of guanidine groups is 1. The molecule has 0 spiro atoms. The molecule has 0 aliphatic heterocycles. The van der Waals surface area contributed by atoms with Crippen LogP contribution in [-0.4, -0.2) is 25.1 Å². The summed E-state index contributed by atoms with van der Waals surface area (Å²) >= 11 is 0. The Labute approximate surface area is 114 Å². The average molecular weight is 266 g/mol. The van der Waals surface area contributed by atoms with E-state index in [1.807, 2.05) is 6.07 Å². The van der Waals surface area contributed by atoms with Gasteiger partial charge in [0.1, 0.15) is 5.82 Å². The lowest BCUT2D eigenvalue weighted by molar-refractivity contribution is 0.628. The van der Waals surface area contributed by atoms with Crippen molar-refractivity contribution in [2.24, 2.45) is 10.7 Å². The number of nitrogens with one attached hydrogen (secondary N) is 2. The normalized spacial score (nSPS) is 13.1. The number of aliphatic imine (C=N–C) groups is 1. The summed E-state index contributed by atoms with van der Waals surface area (Å²) in [5.74, 6) is 0.255. The Bertz CT molecular complexity index is 406. The van der Waals surface area contributed by atoms with Crippen LogP contribution in [0.25, 0.3) is 0 Å². The van der Waals surface area contributed by atoms with E-state index >= 15 is 0 Å². The van der Waals surface area contributed by atoms with Gasteiger partial charge in [0.2, 0.25) is 0 Å². The third kappa shape index (κ3) is 6.64. The lowest BCUT2D eigenvalue weighted by atomic mass is 10.3. The van der Waals surface area contributed by atoms with Gasteiger partial charge in [-0.1, -0.05) is 13.0 Å². The Hall–Kier alpha value is -1.78. The van der Waals surface area contributed by atoms with E-state index < -0.39 is 0 Å². The minimum atomic E-state index is -0.231. The van der Waals surface area contributed by atoms with Gasteiger partial charge >= 0.3 is 0 Å². The molecule has 1 aromatic carbocycles. The summed E-state index contributed by atoms with van der Waals surface area (Å²) in [6.07, 6.45) is 1.86. The summed E-state index contributed by atoms with van der Waals surface area (Å²) in [7, 11) is 0. The maximum Gasteiger partial charge on any atom is 0.188 e. The van der Waals surface area contributed by atoms with Gasteiger partial charge in [-0.3, -0.25) is 4.99 Å². The summed E-state index contributed by atoms with van der Waals surface area (Å²) in [6, 6.07) is 6.77. The molecule has 106 valence electrons. The molecule has 0 fully saturated rings. The largest absolute Gasteiger partial charge is 0.385 e. The topological polar surface area (TPSA) is 62.4 Å². The molecule has 1 unspecified atom stereocenters. The van der Waals surface area contributed by atoms with Crippen molar-refractivity contribution in [1.29, 1.82) is 0 Å². The lowest BCUT2D eigenvalue weighted by Crippen LogP contribution is -2.38. The number of benzene rings is 1. The molecule has 0 aromatic heterocycles. The Morgan fingerprint density at radius 3 is 2.95 bits per heavy atom. The van der Waals surface area contributed by atoms with Gasteiger partial charge in [-0.2, -0.15) is 0 Å². The third-order valence-electron chi connectivity index (χ3n) is 2.78. The van der Waals surface area contributed by atoms with Gasteiger partial charge in [0.05, 0.1) is 0 Å². The molecule has 1 atom stereocenters. The smallest absolute Gasteiger partial charge is 0.188 e. The molecule has 0 saturated heterocycles. The first kappa shape index (κ1) is 15.3. The van der Waals surface area contributed by atoms with Crippen LogP contribution in [0.4, 0.5) is 10.1 Å². The first-order chi connectivity index (χ1) is 9.11. The molecule has 0 aliphatic rings. The minimum Gasteiger partial charge on any atom is -0.385 e. The Morgan fingerprint density at radius 2 is 2.26 bits per heavy atom. The van der Waals surface area contributed by atoms with Crippen molar-refractivity contribution in [1.82, 2.24) is 5.32 Å². The van der Waals surface area contributed by atoms with E-state index in [2.05, 4.69) is 29.5 Å². The number of rotatable bonds is 7. The van der Waals surface area contributed by atoms with Gasteiger partial charge in [0, 0.05) is 24.8 Å². The van der Waals surface area contributed by atoms with E-state index in [1.165, 1.54) is 12.1 Å². The van der Waals surface area contributed by atoms with Crippen molar-refractivity contribution >= 4 is 11.6 Å². The Balaban J connectivity index is 2.19. The number of hydrogen-bond donors (Lipinski definition) is 3. The SMILES string of the molecule is CCC(C)NC(N)=NCCCNc1cccc(F)c1. The van der Waals surface area contributed by atoms with Gasteiger partial charge < -0.3 is 16.4 Å². The second-order valence-corrected chi connectivity index (χ2v) is 4.51. The van der Waals surface area contributed by atoms with Gasteiger partial charge in [-0.05, 0) is 38.0 Å². The second-order valence-electron chi connectivity index (χ2n) is 4.51. The van der Waals surface area contributed by atoms with E-state index in [4.69, 9.17) is 5.73 Å². The fourth-order valence-corrected chi connectivity index (χ4v) is 1.51. The van der Waals surface area contributed by atoms with Crippen molar-refractivity contribution in [3.05, 3.63) is 30.1 Å². The van der Waals surface area contributed by atoms with Gasteiger partial charge in [0.15, 0.2) is 5.96 Å². The maximum atomic E-state index is 12.9. The minimum absolute atomic E-state index is 0.231. The van der Waals surface area contributed by atoms with Gasteiger partial charge in [0.25, 0.3) is 0 Å². The molecule has 5 heteroatoms. The van der Waals surface area contributed by atoms with Crippen molar-refractivity contribution < 1.29 is 4.39 Å². The molecule has 0 aliphatic carbocycles. The van der Waals surface area contributed by atoms with Gasteiger partial charge in [-0.25, -0.2) is 4.39 Å². The second kappa shape index (κ2) is 8.34. The molecular formula is C14H23FN4. The quantitative estimate of drug-likeness (QED) is 0.403. The summed E-state index contributed by atoms with van der Waals surface area (Å²) in [5.41, 5.74) is 6.52. The van der Waals surface area contributed by atoms with E-state index in [0.717, 1.165) is 25.1 Å². The first-order valence-corrected chi connectivity index (χ1v) is 6.67. The number of halogens is 1. The summed E-state index contributed by atoms with van der Waals surface area (Å²) < 4.78 is 12.9. The highest BCUT2D eigenvalue weighted by Gasteiger charge is 1.98. The number of hydrogen-bond acceptors (Lipinski definition) is 2. The van der Waals surface area contributed by atoms with Crippen LogP contribution in [-0.2, 0) is 0 Å². The summed E-state index contributed by atoms with van der Waals surface area (Å²) in [4.78, 5) is 4.23. The van der Waals surface area contributed by atoms with E-state index in [9.17, 15) is 4.39 Å². The third-order valence-corrected chi connectivity index (χ3v) is 2.78.